The molecule has 0 saturated carbocycles. The normalized spacial score (nSPS) is 12.5. The molecule has 6 heteroatoms. The minimum Gasteiger partial charge on any atom is -0.480 e. The highest BCUT2D eigenvalue weighted by atomic mass is 19.1. The van der Waals surface area contributed by atoms with E-state index in [-0.39, 0.29) is 24.1 Å². The van der Waals surface area contributed by atoms with Crippen LogP contribution in [0.1, 0.15) is 25.8 Å². The van der Waals surface area contributed by atoms with Gasteiger partial charge in [0.1, 0.15) is 11.9 Å². The molecular formula is C16H19FN2O3. The van der Waals surface area contributed by atoms with Gasteiger partial charge in [-0.05, 0) is 36.1 Å². The number of nitrogens with one attached hydrogen (secondary N) is 2. The van der Waals surface area contributed by atoms with Gasteiger partial charge in [-0.3, -0.25) is 4.79 Å². The lowest BCUT2D eigenvalue weighted by molar-refractivity contribution is -0.142. The first-order chi connectivity index (χ1) is 10.4. The highest BCUT2D eigenvalue weighted by Crippen LogP contribution is 2.19. The monoisotopic (exact) mass is 306 g/mol. The fourth-order valence-corrected chi connectivity index (χ4v) is 2.42. The van der Waals surface area contributed by atoms with Crippen molar-refractivity contribution in [2.24, 2.45) is 5.92 Å². The third-order valence-corrected chi connectivity index (χ3v) is 3.42. The number of aromatic amines is 1. The molecular weight excluding hydrogens is 287 g/mol. The first kappa shape index (κ1) is 16.0. The Hall–Kier alpha value is -2.37. The zero-order chi connectivity index (χ0) is 16.3. The van der Waals surface area contributed by atoms with Crippen molar-refractivity contribution in [2.75, 3.05) is 0 Å². The van der Waals surface area contributed by atoms with Crippen LogP contribution in [0.2, 0.25) is 0 Å². The van der Waals surface area contributed by atoms with Crippen molar-refractivity contribution < 1.29 is 19.1 Å². The second-order valence-corrected chi connectivity index (χ2v) is 5.77. The van der Waals surface area contributed by atoms with E-state index >= 15 is 0 Å². The molecule has 1 atom stereocenters. The Labute approximate surface area is 127 Å². The van der Waals surface area contributed by atoms with Gasteiger partial charge in [0.25, 0.3) is 0 Å². The van der Waals surface area contributed by atoms with Crippen LogP contribution in [0.3, 0.4) is 0 Å². The van der Waals surface area contributed by atoms with E-state index in [0.29, 0.717) is 17.5 Å². The van der Waals surface area contributed by atoms with Crippen LogP contribution in [0.5, 0.6) is 0 Å². The summed E-state index contributed by atoms with van der Waals surface area (Å²) in [5.41, 5.74) is 1.32. The van der Waals surface area contributed by atoms with Crippen molar-refractivity contribution in [1.29, 1.82) is 0 Å². The molecule has 0 spiro atoms. The molecule has 0 aliphatic rings. The number of fused-ring (bicyclic) bond motifs is 1. The average molecular weight is 306 g/mol. The van der Waals surface area contributed by atoms with Crippen LogP contribution in [0.25, 0.3) is 10.9 Å². The van der Waals surface area contributed by atoms with Gasteiger partial charge < -0.3 is 15.4 Å². The number of benzene rings is 1. The van der Waals surface area contributed by atoms with Gasteiger partial charge in [0, 0.05) is 17.1 Å². The summed E-state index contributed by atoms with van der Waals surface area (Å²) in [6.45, 7) is 3.80. The molecule has 0 bridgehead atoms. The third-order valence-electron chi connectivity index (χ3n) is 3.42. The molecule has 3 N–H and O–H groups in total. The molecule has 1 aromatic heterocycles. The molecule has 22 heavy (non-hydrogen) atoms. The van der Waals surface area contributed by atoms with Crippen LogP contribution in [0.15, 0.2) is 24.4 Å². The van der Waals surface area contributed by atoms with Crippen LogP contribution in [-0.4, -0.2) is 28.0 Å². The summed E-state index contributed by atoms with van der Waals surface area (Å²) in [6, 6.07) is 3.40. The van der Waals surface area contributed by atoms with E-state index in [2.05, 4.69) is 10.3 Å². The summed E-state index contributed by atoms with van der Waals surface area (Å²) in [6.07, 6.45) is 2.07. The molecule has 2 aromatic rings. The van der Waals surface area contributed by atoms with E-state index < -0.39 is 12.0 Å². The van der Waals surface area contributed by atoms with E-state index in [1.54, 1.807) is 12.3 Å². The third kappa shape index (κ3) is 3.84. The molecule has 5 nitrogen and oxygen atoms in total. The van der Waals surface area contributed by atoms with E-state index in [1.807, 2.05) is 13.8 Å². The Bertz CT molecular complexity index is 694. The summed E-state index contributed by atoms with van der Waals surface area (Å²) < 4.78 is 13.1. The summed E-state index contributed by atoms with van der Waals surface area (Å²) in [5, 5.41) is 12.4. The van der Waals surface area contributed by atoms with Crippen molar-refractivity contribution in [3.63, 3.8) is 0 Å². The standard InChI is InChI=1S/C16H19FN2O3/c1-9(2)5-14(16(21)22)19-15(20)6-10-8-18-13-7-11(17)3-4-12(10)13/h3-4,7-9,14,18H,5-6H2,1-2H3,(H,19,20)(H,21,22). The molecule has 1 amide bonds. The highest BCUT2D eigenvalue weighted by molar-refractivity contribution is 5.90. The molecule has 1 aromatic carbocycles. The average Bonchev–Trinajstić information content (AvgIpc) is 2.79. The maximum atomic E-state index is 13.1. The fraction of sp³-hybridized carbons (Fsp3) is 0.375. The van der Waals surface area contributed by atoms with Gasteiger partial charge in [0.15, 0.2) is 0 Å². The first-order valence-electron chi connectivity index (χ1n) is 7.14. The smallest absolute Gasteiger partial charge is 0.326 e. The number of hydrogen-bond donors (Lipinski definition) is 3. The first-order valence-corrected chi connectivity index (χ1v) is 7.14. The lowest BCUT2D eigenvalue weighted by Crippen LogP contribution is -2.42. The summed E-state index contributed by atoms with van der Waals surface area (Å²) >= 11 is 0. The van der Waals surface area contributed by atoms with Crippen LogP contribution in [0, 0.1) is 11.7 Å². The number of rotatable bonds is 6. The Morgan fingerprint density at radius 1 is 1.36 bits per heavy atom. The second-order valence-electron chi connectivity index (χ2n) is 5.77. The molecule has 0 aliphatic carbocycles. The molecule has 118 valence electrons. The Kier molecular flexibility index (Phi) is 4.80. The van der Waals surface area contributed by atoms with Crippen LogP contribution >= 0.6 is 0 Å². The Balaban J connectivity index is 2.08. The molecule has 0 radical (unpaired) electrons. The number of carboxylic acids is 1. The van der Waals surface area contributed by atoms with Crippen molar-refractivity contribution >= 4 is 22.8 Å². The Morgan fingerprint density at radius 3 is 2.73 bits per heavy atom. The van der Waals surface area contributed by atoms with Gasteiger partial charge in [-0.2, -0.15) is 0 Å². The number of amides is 1. The molecule has 1 unspecified atom stereocenters. The van der Waals surface area contributed by atoms with E-state index in [4.69, 9.17) is 5.11 Å². The van der Waals surface area contributed by atoms with Crippen molar-refractivity contribution in [3.8, 4) is 0 Å². The van der Waals surface area contributed by atoms with Crippen LogP contribution < -0.4 is 5.32 Å². The number of carbonyl (C=O) groups is 2. The lowest BCUT2D eigenvalue weighted by Gasteiger charge is -2.16. The van der Waals surface area contributed by atoms with Gasteiger partial charge in [-0.25, -0.2) is 9.18 Å². The maximum absolute atomic E-state index is 13.1. The number of hydrogen-bond acceptors (Lipinski definition) is 2. The predicted octanol–water partition coefficient (Wildman–Crippen LogP) is 2.46. The number of carboxylic acid groups (broad SMARTS) is 1. The maximum Gasteiger partial charge on any atom is 0.326 e. The van der Waals surface area contributed by atoms with Crippen LogP contribution in [0.4, 0.5) is 4.39 Å². The molecule has 2 rings (SSSR count). The minimum absolute atomic E-state index is 0.0491. The SMILES string of the molecule is CC(C)CC(NC(=O)Cc1c[nH]c2cc(F)ccc12)C(=O)O. The van der Waals surface area contributed by atoms with Gasteiger partial charge in [-0.1, -0.05) is 13.8 Å². The molecule has 0 aliphatic heterocycles. The van der Waals surface area contributed by atoms with Crippen molar-refractivity contribution in [1.82, 2.24) is 10.3 Å². The number of halogens is 1. The van der Waals surface area contributed by atoms with Gasteiger partial charge in [0.2, 0.25) is 5.91 Å². The summed E-state index contributed by atoms with van der Waals surface area (Å²) in [4.78, 5) is 26.1. The zero-order valence-corrected chi connectivity index (χ0v) is 12.5. The van der Waals surface area contributed by atoms with Crippen molar-refractivity contribution in [2.45, 2.75) is 32.7 Å². The number of aliphatic carboxylic acids is 1. The van der Waals surface area contributed by atoms with Crippen molar-refractivity contribution in [3.05, 3.63) is 35.8 Å². The topological polar surface area (TPSA) is 82.2 Å². The number of aromatic nitrogens is 1. The second kappa shape index (κ2) is 6.60. The van der Waals surface area contributed by atoms with Gasteiger partial charge in [-0.15, -0.1) is 0 Å². The number of H-pyrrole nitrogens is 1. The predicted molar refractivity (Wildman–Crippen MR) is 81.0 cm³/mol. The quantitative estimate of drug-likeness (QED) is 0.766. The molecule has 1 heterocycles. The van der Waals surface area contributed by atoms with E-state index in [9.17, 15) is 14.0 Å². The highest BCUT2D eigenvalue weighted by Gasteiger charge is 2.21. The summed E-state index contributed by atoms with van der Waals surface area (Å²) in [5.74, 6) is -1.59. The minimum atomic E-state index is -1.04. The van der Waals surface area contributed by atoms with Gasteiger partial charge in [0.05, 0.1) is 6.42 Å². The largest absolute Gasteiger partial charge is 0.480 e. The Morgan fingerprint density at radius 2 is 2.09 bits per heavy atom. The molecule has 0 fully saturated rings. The van der Waals surface area contributed by atoms with Gasteiger partial charge >= 0.3 is 5.97 Å². The fourth-order valence-electron chi connectivity index (χ4n) is 2.42. The zero-order valence-electron chi connectivity index (χ0n) is 12.5. The van der Waals surface area contributed by atoms with E-state index in [0.717, 1.165) is 5.39 Å². The molecule has 0 saturated heterocycles. The van der Waals surface area contributed by atoms with E-state index in [1.165, 1.54) is 12.1 Å². The summed E-state index contributed by atoms with van der Waals surface area (Å²) in [7, 11) is 0. The lowest BCUT2D eigenvalue weighted by atomic mass is 10.0. The number of carbonyl (C=O) groups excluding carboxylic acids is 1. The van der Waals surface area contributed by atoms with Crippen LogP contribution in [-0.2, 0) is 16.0 Å².